The second-order valence-corrected chi connectivity index (χ2v) is 17.8. The molecule has 4 aliphatic heterocycles. The van der Waals surface area contributed by atoms with Crippen molar-refractivity contribution in [3.05, 3.63) is 102 Å². The highest BCUT2D eigenvalue weighted by molar-refractivity contribution is 6.01. The average Bonchev–Trinajstić information content (AvgIpc) is 3.60. The molecule has 324 valence electrons. The number of aromatic nitrogens is 3. The third-order valence-electron chi connectivity index (χ3n) is 13.8. The molecule has 5 aromatic rings. The Morgan fingerprint density at radius 2 is 1.69 bits per heavy atom. The lowest BCUT2D eigenvalue weighted by molar-refractivity contribution is -0.133. The van der Waals surface area contributed by atoms with Crippen molar-refractivity contribution < 1.29 is 18.8 Å². The molecule has 0 bridgehead atoms. The predicted octanol–water partition coefficient (Wildman–Crippen LogP) is 6.02. The molecule has 4 N–H and O–H groups in total. The molecule has 62 heavy (non-hydrogen) atoms. The predicted molar refractivity (Wildman–Crippen MR) is 240 cm³/mol. The zero-order valence-corrected chi connectivity index (χ0v) is 35.7. The number of piperazine rings is 1. The zero-order valence-electron chi connectivity index (χ0n) is 35.7. The molecule has 4 saturated heterocycles. The van der Waals surface area contributed by atoms with Crippen LogP contribution in [0.15, 0.2) is 79.1 Å². The molecule has 2 atom stereocenters. The smallest absolute Gasteiger partial charge is 0.253 e. The van der Waals surface area contributed by atoms with Crippen molar-refractivity contribution in [3.8, 4) is 11.1 Å². The summed E-state index contributed by atoms with van der Waals surface area (Å²) >= 11 is 0. The number of rotatable bonds is 10. The minimum Gasteiger partial charge on any atom is -0.384 e. The molecule has 7 heterocycles. The molecule has 2 aromatic carbocycles. The normalized spacial score (nSPS) is 21.1. The SMILES string of the molecule is C[C@@H]1CN(c2ccc(NC3CCC(=O)NC3=O)cc2F)CCN1CC1CCN(C(=O)c2ccc(C3CCN(Cc4cc5c(-c6ccc(N)nc6)ccnc5n4C)CC3)cc2)CC1. The molecule has 0 spiro atoms. The van der Waals surface area contributed by atoms with Crippen LogP contribution in [0.25, 0.3) is 22.2 Å². The summed E-state index contributed by atoms with van der Waals surface area (Å²) in [4.78, 5) is 55.4. The van der Waals surface area contributed by atoms with E-state index in [1.54, 1.807) is 12.1 Å². The number of carbonyl (C=O) groups excluding carboxylic acids is 3. The molecule has 3 aromatic heterocycles. The minimum absolute atomic E-state index is 0.118. The van der Waals surface area contributed by atoms with E-state index in [9.17, 15) is 14.4 Å². The summed E-state index contributed by atoms with van der Waals surface area (Å²) in [5, 5.41) is 6.53. The molecule has 1 unspecified atom stereocenters. The highest BCUT2D eigenvalue weighted by atomic mass is 19.1. The number of anilines is 3. The summed E-state index contributed by atoms with van der Waals surface area (Å²) in [6.45, 7) is 9.88. The first-order valence-corrected chi connectivity index (χ1v) is 22.2. The molecule has 13 nitrogen and oxygen atoms in total. The van der Waals surface area contributed by atoms with Gasteiger partial charge < -0.3 is 25.4 Å². The van der Waals surface area contributed by atoms with Crippen LogP contribution in [0.3, 0.4) is 0 Å². The van der Waals surface area contributed by atoms with Gasteiger partial charge >= 0.3 is 0 Å². The fourth-order valence-electron chi connectivity index (χ4n) is 9.99. The molecule has 3 amide bonds. The fraction of sp³-hybridized carbons (Fsp3) is 0.438. The number of imide groups is 1. The van der Waals surface area contributed by atoms with Gasteiger partial charge in [0.25, 0.3) is 5.91 Å². The van der Waals surface area contributed by atoms with Gasteiger partial charge in [-0.3, -0.25) is 29.5 Å². The highest BCUT2D eigenvalue weighted by Crippen LogP contribution is 2.33. The molecule has 14 heteroatoms. The van der Waals surface area contributed by atoms with Crippen molar-refractivity contribution in [2.45, 2.75) is 70.0 Å². The van der Waals surface area contributed by atoms with Gasteiger partial charge in [-0.05, 0) is 130 Å². The molecule has 0 aliphatic carbocycles. The summed E-state index contributed by atoms with van der Waals surface area (Å²) in [6.07, 6.45) is 8.44. The number of nitrogen functional groups attached to an aromatic ring is 1. The van der Waals surface area contributed by atoms with Crippen LogP contribution in [-0.2, 0) is 23.2 Å². The van der Waals surface area contributed by atoms with Crippen molar-refractivity contribution in [3.63, 3.8) is 0 Å². The van der Waals surface area contributed by atoms with Gasteiger partial charge in [0, 0.05) is 106 Å². The number of halogens is 1. The third-order valence-corrected chi connectivity index (χ3v) is 13.8. The van der Waals surface area contributed by atoms with Gasteiger partial charge in [0.05, 0.1) is 5.69 Å². The first kappa shape index (κ1) is 41.5. The number of nitrogens with two attached hydrogens (primary N) is 1. The van der Waals surface area contributed by atoms with Gasteiger partial charge in [-0.15, -0.1) is 0 Å². The van der Waals surface area contributed by atoms with Crippen LogP contribution in [0.4, 0.5) is 21.6 Å². The average molecular weight is 841 g/mol. The first-order chi connectivity index (χ1) is 30.1. The number of fused-ring (bicyclic) bond motifs is 1. The Morgan fingerprint density at radius 3 is 2.40 bits per heavy atom. The van der Waals surface area contributed by atoms with E-state index >= 15 is 4.39 Å². The molecular weight excluding hydrogens is 784 g/mol. The van der Waals surface area contributed by atoms with Crippen molar-refractivity contribution in [1.82, 2.24) is 34.6 Å². The van der Waals surface area contributed by atoms with Gasteiger partial charge in [-0.1, -0.05) is 12.1 Å². The molecule has 4 aliphatic rings. The van der Waals surface area contributed by atoms with E-state index in [-0.39, 0.29) is 36.0 Å². The summed E-state index contributed by atoms with van der Waals surface area (Å²) in [7, 11) is 2.10. The lowest BCUT2D eigenvalue weighted by Gasteiger charge is -2.43. The standard InChI is InChI=1S/C48H57FN10O3/c1-31-28-59(43-10-8-37(25-41(43)49)53-42-9-12-45(60)54-47(42)61)24-23-58(31)29-32-14-21-57(22-15-32)48(62)35-5-3-33(4-6-35)34-16-19-56(20-17-34)30-38-26-40-39(13-18-51-46(40)55(38)2)36-7-11-44(50)52-27-36/h3-8,10-11,13,18,25-27,31-32,34,42,53H,9,12,14-17,19-24,28-30H2,1-2H3,(H2,50,52)(H,54,60,61)/t31-,42?/m1/s1. The number of nitrogens with zero attached hydrogens (tertiary/aromatic N) is 7. The Kier molecular flexibility index (Phi) is 11.9. The Morgan fingerprint density at radius 1 is 0.903 bits per heavy atom. The van der Waals surface area contributed by atoms with Gasteiger partial charge in [-0.2, -0.15) is 0 Å². The van der Waals surface area contributed by atoms with Gasteiger partial charge in [0.15, 0.2) is 0 Å². The Bertz CT molecular complexity index is 2420. The van der Waals surface area contributed by atoms with E-state index in [0.717, 1.165) is 112 Å². The number of benzene rings is 2. The first-order valence-electron chi connectivity index (χ1n) is 22.2. The Hall–Kier alpha value is -5.86. The Labute approximate surface area is 362 Å². The summed E-state index contributed by atoms with van der Waals surface area (Å²) in [5.41, 5.74) is 13.3. The fourth-order valence-corrected chi connectivity index (χ4v) is 9.99. The maximum absolute atomic E-state index is 15.3. The number of pyridine rings is 2. The van der Waals surface area contributed by atoms with Crippen LogP contribution in [-0.4, -0.2) is 111 Å². The number of nitrogens with one attached hydrogen (secondary N) is 2. The summed E-state index contributed by atoms with van der Waals surface area (Å²) in [5.74, 6) is 0.633. The highest BCUT2D eigenvalue weighted by Gasteiger charge is 2.31. The molecular formula is C48H57FN10O3. The number of aryl methyl sites for hydroxylation is 1. The van der Waals surface area contributed by atoms with Gasteiger partial charge in [-0.25, -0.2) is 14.4 Å². The van der Waals surface area contributed by atoms with E-state index in [1.807, 2.05) is 47.6 Å². The zero-order chi connectivity index (χ0) is 42.9. The number of hydrogen-bond acceptors (Lipinski definition) is 10. The van der Waals surface area contributed by atoms with Gasteiger partial charge in [0.1, 0.15) is 23.3 Å². The molecule has 0 saturated carbocycles. The van der Waals surface area contributed by atoms with Crippen LogP contribution in [0, 0.1) is 11.7 Å². The summed E-state index contributed by atoms with van der Waals surface area (Å²) in [6, 6.07) is 21.3. The third kappa shape index (κ3) is 8.89. The van der Waals surface area contributed by atoms with Crippen molar-refractivity contribution in [1.29, 1.82) is 0 Å². The number of piperidine rings is 3. The van der Waals surface area contributed by atoms with E-state index in [0.29, 0.717) is 35.4 Å². The number of likely N-dealkylation sites (tertiary alicyclic amines) is 2. The number of amides is 3. The van der Waals surface area contributed by atoms with Crippen LogP contribution < -0.4 is 21.3 Å². The van der Waals surface area contributed by atoms with Crippen LogP contribution >= 0.6 is 0 Å². The molecule has 9 rings (SSSR count). The van der Waals surface area contributed by atoms with E-state index < -0.39 is 6.04 Å². The van der Waals surface area contributed by atoms with E-state index in [4.69, 9.17) is 10.7 Å². The lowest BCUT2D eigenvalue weighted by atomic mass is 9.88. The van der Waals surface area contributed by atoms with E-state index in [2.05, 4.69) is 67.1 Å². The van der Waals surface area contributed by atoms with Crippen LogP contribution in [0.5, 0.6) is 0 Å². The number of carbonyl (C=O) groups is 3. The second-order valence-electron chi connectivity index (χ2n) is 17.8. The van der Waals surface area contributed by atoms with Crippen molar-refractivity contribution >= 4 is 45.9 Å². The minimum atomic E-state index is -0.554. The lowest BCUT2D eigenvalue weighted by Crippen LogP contribution is -2.54. The molecule has 0 radical (unpaired) electrons. The van der Waals surface area contributed by atoms with Crippen LogP contribution in [0.1, 0.15) is 73.0 Å². The second kappa shape index (κ2) is 17.9. The van der Waals surface area contributed by atoms with Crippen LogP contribution in [0.2, 0.25) is 0 Å². The van der Waals surface area contributed by atoms with Crippen molar-refractivity contribution in [2.24, 2.45) is 13.0 Å². The number of hydrogen-bond donors (Lipinski definition) is 3. The van der Waals surface area contributed by atoms with E-state index in [1.165, 1.54) is 17.3 Å². The van der Waals surface area contributed by atoms with Gasteiger partial charge in [0.2, 0.25) is 11.8 Å². The maximum Gasteiger partial charge on any atom is 0.253 e. The summed E-state index contributed by atoms with van der Waals surface area (Å²) < 4.78 is 17.6. The maximum atomic E-state index is 15.3. The topological polar surface area (TPSA) is 145 Å². The Balaban J connectivity index is 0.716. The molecule has 4 fully saturated rings. The monoisotopic (exact) mass is 840 g/mol. The van der Waals surface area contributed by atoms with Crippen molar-refractivity contribution in [2.75, 3.05) is 68.3 Å². The quantitative estimate of drug-likeness (QED) is 0.143. The largest absolute Gasteiger partial charge is 0.384 e.